The molecular formula is C96H110BF7N8O14S. The summed E-state index contributed by atoms with van der Waals surface area (Å²) in [5.74, 6) is 1.29. The first-order valence-corrected chi connectivity index (χ1v) is 42.8. The molecule has 4 atom stereocenters. The molecule has 1 saturated heterocycles. The van der Waals surface area contributed by atoms with Gasteiger partial charge in [-0.2, -0.15) is 21.6 Å². The van der Waals surface area contributed by atoms with Crippen LogP contribution in [-0.2, 0) is 28.9 Å². The predicted molar refractivity (Wildman–Crippen MR) is 489 cm³/mol. The summed E-state index contributed by atoms with van der Waals surface area (Å²) in [6.45, 7) is 21.9. The molecule has 31 heteroatoms. The number of benzene rings is 8. The van der Waals surface area contributed by atoms with Crippen LogP contribution < -0.4 is 49.0 Å². The largest absolute Gasteiger partial charge is 0.534 e. The molecule has 2 amide bonds. The molecular weight excluding hydrogens is 1660 g/mol. The topological polar surface area (TPSA) is 254 Å². The van der Waals surface area contributed by atoms with Gasteiger partial charge in [-0.05, 0) is 215 Å². The normalized spacial score (nSPS) is 13.9. The molecule has 1 aliphatic heterocycles. The van der Waals surface area contributed by atoms with E-state index in [9.17, 15) is 48.7 Å². The Balaban J connectivity index is 0.000000180. The van der Waals surface area contributed by atoms with E-state index in [0.29, 0.717) is 41.9 Å². The van der Waals surface area contributed by atoms with E-state index in [1.807, 2.05) is 273 Å². The number of hydrogen-bond acceptors (Lipinski definition) is 20. The highest BCUT2D eigenvalue weighted by Crippen LogP contribution is 2.38. The molecule has 22 nitrogen and oxygen atoms in total. The van der Waals surface area contributed by atoms with Gasteiger partial charge in [0, 0.05) is 120 Å². The van der Waals surface area contributed by atoms with Crippen LogP contribution in [0.2, 0.25) is 0 Å². The van der Waals surface area contributed by atoms with Crippen molar-refractivity contribution in [3.63, 3.8) is 0 Å². The molecule has 0 radical (unpaired) electrons. The Labute approximate surface area is 737 Å². The van der Waals surface area contributed by atoms with Crippen LogP contribution in [0, 0.1) is 0 Å². The number of anilines is 4. The molecule has 3 N–H and O–H groups in total. The first kappa shape index (κ1) is 98.7. The van der Waals surface area contributed by atoms with Gasteiger partial charge in [0.25, 0.3) is 0 Å². The molecule has 1 aliphatic rings. The van der Waals surface area contributed by atoms with Gasteiger partial charge in [-0.1, -0.05) is 87.5 Å². The number of rotatable bonds is 26. The number of hydrogen-bond donors (Lipinski definition) is 3. The predicted octanol–water partition coefficient (Wildman–Crippen LogP) is 22.1. The van der Waals surface area contributed by atoms with Gasteiger partial charge >= 0.3 is 34.9 Å². The van der Waals surface area contributed by atoms with Crippen molar-refractivity contribution < 1.29 is 95.8 Å². The number of carbonyl (C=O) groups excluding carboxylic acids is 2. The third kappa shape index (κ3) is 27.7. The molecule has 0 aliphatic carbocycles. The zero-order valence-electron chi connectivity index (χ0n) is 74.3. The van der Waals surface area contributed by atoms with Crippen LogP contribution in [0.3, 0.4) is 0 Å². The number of ether oxygens (including phenoxy) is 6. The number of alkyl halides is 7. The van der Waals surface area contributed by atoms with E-state index in [-0.39, 0.29) is 35.2 Å². The first-order valence-electron chi connectivity index (χ1n) is 41.4. The van der Waals surface area contributed by atoms with Crippen molar-refractivity contribution in [2.45, 2.75) is 162 Å². The number of aliphatic hydroxyl groups excluding tert-OH is 1. The summed E-state index contributed by atoms with van der Waals surface area (Å²) in [6.07, 6.45) is -1.48. The number of pyridine rings is 4. The van der Waals surface area contributed by atoms with Gasteiger partial charge in [-0.3, -0.25) is 9.80 Å². The van der Waals surface area contributed by atoms with E-state index in [2.05, 4.69) is 24.8 Å². The number of nitrogens with one attached hydrogen (secondary N) is 2. The van der Waals surface area contributed by atoms with E-state index in [0.717, 1.165) is 101 Å². The van der Waals surface area contributed by atoms with Crippen LogP contribution in [0.5, 0.6) is 28.9 Å². The second kappa shape index (κ2) is 43.9. The van der Waals surface area contributed by atoms with Crippen molar-refractivity contribution in [3.8, 4) is 62.7 Å². The molecule has 4 aromatic heterocycles. The van der Waals surface area contributed by atoms with Crippen molar-refractivity contribution in [2.24, 2.45) is 0 Å². The molecule has 13 rings (SSSR count). The molecule has 127 heavy (non-hydrogen) atoms. The molecule has 5 heterocycles. The lowest BCUT2D eigenvalue weighted by molar-refractivity contribution is -0.0501. The summed E-state index contributed by atoms with van der Waals surface area (Å²) in [6, 6.07) is 66.7. The van der Waals surface area contributed by atoms with Crippen LogP contribution in [-0.4, -0.2) is 167 Å². The van der Waals surface area contributed by atoms with Gasteiger partial charge in [-0.15, -0.1) is 0 Å². The van der Waals surface area contributed by atoms with Crippen molar-refractivity contribution >= 4 is 101 Å². The highest BCUT2D eigenvalue weighted by molar-refractivity contribution is 7.88. The van der Waals surface area contributed by atoms with E-state index < -0.39 is 97.0 Å². The Morgan fingerprint density at radius 3 is 1.02 bits per heavy atom. The van der Waals surface area contributed by atoms with Crippen LogP contribution in [0.25, 0.3) is 77.4 Å². The highest BCUT2D eigenvalue weighted by Gasteiger charge is 2.52. The summed E-state index contributed by atoms with van der Waals surface area (Å²) in [4.78, 5) is 45.2. The van der Waals surface area contributed by atoms with Gasteiger partial charge < -0.3 is 57.7 Å². The van der Waals surface area contributed by atoms with E-state index in [1.54, 1.807) is 45.3 Å². The molecule has 676 valence electrons. The number of amides is 2. The van der Waals surface area contributed by atoms with Crippen LogP contribution in [0.15, 0.2) is 218 Å². The Morgan fingerprint density at radius 1 is 0.441 bits per heavy atom. The Morgan fingerprint density at radius 2 is 0.732 bits per heavy atom. The average molecular weight is 1780 g/mol. The number of aliphatic hydroxyl groups is 1. The maximum Gasteiger partial charge on any atom is 0.534 e. The number of nitrogens with zero attached hydrogens (tertiary/aromatic N) is 6. The minimum atomic E-state index is -5.80. The lowest BCUT2D eigenvalue weighted by Crippen LogP contribution is -2.41. The highest BCUT2D eigenvalue weighted by atomic mass is 32.2. The van der Waals surface area contributed by atoms with E-state index >= 15 is 0 Å². The molecule has 12 aromatic rings. The minimum absolute atomic E-state index is 0.149. The maximum atomic E-state index is 13.0. The first-order chi connectivity index (χ1) is 60.1. The molecule has 0 spiro atoms. The lowest BCUT2D eigenvalue weighted by Gasteiger charge is -2.32. The fraction of sp³-hybridized carbons (Fsp3) is 0.354. The molecule has 0 saturated carbocycles. The van der Waals surface area contributed by atoms with Gasteiger partial charge in [0.05, 0.1) is 57.0 Å². The minimum Gasteiger partial charge on any atom is -0.488 e. The van der Waals surface area contributed by atoms with Gasteiger partial charge in [0.2, 0.25) is 5.88 Å². The summed E-state index contributed by atoms with van der Waals surface area (Å²) >= 11 is 0. The second-order valence-electron chi connectivity index (χ2n) is 32.6. The fourth-order valence-electron chi connectivity index (χ4n) is 12.1. The van der Waals surface area contributed by atoms with Crippen molar-refractivity contribution in [1.82, 2.24) is 19.9 Å². The number of fused-ring (bicyclic) bond motifs is 4. The third-order valence-corrected chi connectivity index (χ3v) is 21.2. The van der Waals surface area contributed by atoms with Crippen molar-refractivity contribution in [3.05, 3.63) is 218 Å². The Bertz CT molecular complexity index is 5570. The Kier molecular flexibility index (Phi) is 34.1. The molecule has 4 unspecified atom stereocenters. The number of carbonyl (C=O) groups is 2. The van der Waals surface area contributed by atoms with Crippen molar-refractivity contribution in [2.75, 3.05) is 81.9 Å². The van der Waals surface area contributed by atoms with Gasteiger partial charge in [-0.25, -0.2) is 47.1 Å². The summed E-state index contributed by atoms with van der Waals surface area (Å²) in [5, 5.41) is 18.7. The summed E-state index contributed by atoms with van der Waals surface area (Å²) in [5.41, 5.74) is 5.22. The standard InChI is InChI=1S/C25H29FN2O3.C20H21FN2O.C19H19FN2O2.C18H28BNO4.C14H13F4NO4S/c1-6-20(16-26)30-21-13-9-18-10-14-22(27-23(18)15-21)17-7-11-19(12-8-17)28(5)24(29)31-25(2,3)4;1-3-17(13-21)24-18-10-6-15-7-11-19(23-20(15)12-18)14-4-8-16(22-2)9-5-14;1-21-15-6-2-13(3-7-15)18-9-5-14-4-8-16(10-19(14)22-18)24-17(11-20)12-23;1-16(2,3)22-15(21)20(8)14-11-9-13(10-12-14)19-23-17(4,5)18(6,7)24-19;1-2-10(8-15)22-11-5-3-9-4-6-13(19-12(9)7-11)23-24(20,21)14(16,17)18/h7-15,20H,6,16H2,1-5H3;4-12,17,22H,3,13H2,1-2H3;2-10,17,21,23H,11-12H2,1H3;9-12H,1-8H3;3-7,10H,2,8H2,1H3. The lowest BCUT2D eigenvalue weighted by atomic mass is 9.79. The van der Waals surface area contributed by atoms with Gasteiger partial charge in [0.15, 0.2) is 0 Å². The smallest absolute Gasteiger partial charge is 0.488 e. The Hall–Kier alpha value is -12.1. The average Bonchev–Trinajstić information content (AvgIpc) is 1.66. The van der Waals surface area contributed by atoms with E-state index in [1.165, 1.54) is 21.9 Å². The third-order valence-electron chi connectivity index (χ3n) is 20.2. The quantitative estimate of drug-likeness (QED) is 0.0197. The molecule has 0 bridgehead atoms. The summed E-state index contributed by atoms with van der Waals surface area (Å²) in [7, 11) is 0.938. The number of aromatic nitrogens is 4. The SMILES string of the molecule is CCC(CF)Oc1ccc2ccc(-c3ccc(N(C)C(=O)OC(C)(C)C)cc3)nc2c1.CCC(CF)Oc1ccc2ccc(-c3ccc(NC)cc3)nc2c1.CCC(CF)Oc1ccc2ccc(OS(=O)(=O)C(F)(F)F)nc2c1.CN(C(=O)OC(C)(C)C)c1ccc(B2OC(C)(C)C(C)(C)O2)cc1.CNc1ccc(-c2ccc3ccc(OC(CO)CF)cc3n2)cc1. The zero-order chi connectivity index (χ0) is 92.8. The van der Waals surface area contributed by atoms with Crippen LogP contribution in [0.4, 0.5) is 63.1 Å². The second-order valence-corrected chi connectivity index (χ2v) is 34.1. The maximum absolute atomic E-state index is 13.0. The van der Waals surface area contributed by atoms with Crippen molar-refractivity contribution in [1.29, 1.82) is 0 Å². The molecule has 1 fully saturated rings. The fourth-order valence-corrected chi connectivity index (χ4v) is 12.5. The van der Waals surface area contributed by atoms with Gasteiger partial charge in [0.1, 0.15) is 85.3 Å². The monoisotopic (exact) mass is 1770 g/mol. The van der Waals surface area contributed by atoms with Crippen LogP contribution in [0.1, 0.15) is 109 Å². The molecule has 8 aromatic carbocycles. The van der Waals surface area contributed by atoms with E-state index in [4.69, 9.17) is 52.8 Å². The van der Waals surface area contributed by atoms with Crippen LogP contribution >= 0.6 is 0 Å². The summed E-state index contributed by atoms with van der Waals surface area (Å²) < 4.78 is 159. The zero-order valence-corrected chi connectivity index (χ0v) is 75.1. The number of halogens is 7.